The fourth-order valence-corrected chi connectivity index (χ4v) is 1.32. The van der Waals surface area contributed by atoms with Gasteiger partial charge in [-0.25, -0.2) is 9.78 Å². The molecule has 0 radical (unpaired) electrons. The fourth-order valence-electron chi connectivity index (χ4n) is 1.32. The van der Waals surface area contributed by atoms with Crippen molar-refractivity contribution in [3.63, 3.8) is 0 Å². The molecule has 0 aliphatic heterocycles. The molecule has 1 aromatic carbocycles. The van der Waals surface area contributed by atoms with Crippen LogP contribution >= 0.6 is 0 Å². The summed E-state index contributed by atoms with van der Waals surface area (Å²) >= 11 is 0. The largest absolute Gasteiger partial charge is 0.478 e. The number of aromatic amines is 1. The van der Waals surface area contributed by atoms with Crippen molar-refractivity contribution in [2.75, 3.05) is 0 Å². The molecule has 4 N–H and O–H groups in total. The van der Waals surface area contributed by atoms with Gasteiger partial charge >= 0.3 is 5.97 Å². The lowest BCUT2D eigenvalue weighted by atomic mass is 10.2. The van der Waals surface area contributed by atoms with Crippen LogP contribution in [0.25, 0.3) is 11.0 Å². The molecule has 1 heterocycles. The average Bonchev–Trinajstić information content (AvgIpc) is 2.60. The number of imidazole rings is 1. The molecule has 2 rings (SSSR count). The number of aromatic nitrogens is 2. The quantitative estimate of drug-likeness (QED) is 0.657. The maximum Gasteiger partial charge on any atom is 0.337 e. The van der Waals surface area contributed by atoms with Crippen LogP contribution in [0.5, 0.6) is 0 Å². The standard InChI is InChI=1S/C9H7N3O3/c10-7(13)8-11-5-3-1-2-4(9(14)15)6(5)12-8/h1-3H,(H2,10,13)(H,11,12)(H,14,15). The van der Waals surface area contributed by atoms with E-state index in [1.54, 1.807) is 12.1 Å². The highest BCUT2D eigenvalue weighted by Crippen LogP contribution is 2.16. The van der Waals surface area contributed by atoms with Crippen LogP contribution in [0.4, 0.5) is 0 Å². The number of nitrogens with zero attached hydrogens (tertiary/aromatic N) is 1. The van der Waals surface area contributed by atoms with Crippen molar-refractivity contribution in [3.05, 3.63) is 29.6 Å². The van der Waals surface area contributed by atoms with Gasteiger partial charge in [0.2, 0.25) is 0 Å². The zero-order chi connectivity index (χ0) is 11.0. The molecule has 0 aliphatic rings. The topological polar surface area (TPSA) is 109 Å². The van der Waals surface area contributed by atoms with Gasteiger partial charge in [0.25, 0.3) is 5.91 Å². The Morgan fingerprint density at radius 3 is 2.73 bits per heavy atom. The summed E-state index contributed by atoms with van der Waals surface area (Å²) in [6.07, 6.45) is 0. The summed E-state index contributed by atoms with van der Waals surface area (Å²) in [6, 6.07) is 4.60. The molecule has 0 bridgehead atoms. The van der Waals surface area contributed by atoms with Crippen molar-refractivity contribution in [2.45, 2.75) is 0 Å². The first-order valence-electron chi connectivity index (χ1n) is 4.11. The second-order valence-electron chi connectivity index (χ2n) is 2.96. The second-order valence-corrected chi connectivity index (χ2v) is 2.96. The number of fused-ring (bicyclic) bond motifs is 1. The number of hydrogen-bond acceptors (Lipinski definition) is 3. The molecule has 76 valence electrons. The van der Waals surface area contributed by atoms with Gasteiger partial charge in [-0.15, -0.1) is 0 Å². The number of benzene rings is 1. The molecule has 1 amide bonds. The predicted molar refractivity (Wildman–Crippen MR) is 51.6 cm³/mol. The number of hydrogen-bond donors (Lipinski definition) is 3. The maximum absolute atomic E-state index is 10.8. The van der Waals surface area contributed by atoms with Gasteiger partial charge in [0.1, 0.15) is 5.52 Å². The van der Waals surface area contributed by atoms with E-state index in [9.17, 15) is 9.59 Å². The number of carboxylic acid groups (broad SMARTS) is 1. The molecule has 0 unspecified atom stereocenters. The Kier molecular flexibility index (Phi) is 1.89. The Hall–Kier alpha value is -2.37. The minimum Gasteiger partial charge on any atom is -0.478 e. The van der Waals surface area contributed by atoms with Gasteiger partial charge in [0.15, 0.2) is 5.82 Å². The summed E-state index contributed by atoms with van der Waals surface area (Å²) < 4.78 is 0. The van der Waals surface area contributed by atoms with E-state index in [0.717, 1.165) is 0 Å². The van der Waals surface area contributed by atoms with Crippen molar-refractivity contribution in [2.24, 2.45) is 5.73 Å². The molecular weight excluding hydrogens is 198 g/mol. The molecule has 0 fully saturated rings. The summed E-state index contributed by atoms with van der Waals surface area (Å²) in [4.78, 5) is 28.1. The smallest absolute Gasteiger partial charge is 0.337 e. The van der Waals surface area contributed by atoms with Crippen LogP contribution in [0.1, 0.15) is 21.0 Å². The molecule has 0 saturated heterocycles. The maximum atomic E-state index is 10.8. The zero-order valence-electron chi connectivity index (χ0n) is 7.52. The third kappa shape index (κ3) is 1.41. The van der Waals surface area contributed by atoms with Crippen molar-refractivity contribution in [1.29, 1.82) is 0 Å². The first kappa shape index (κ1) is 9.20. The van der Waals surface area contributed by atoms with Crippen molar-refractivity contribution in [3.8, 4) is 0 Å². The van der Waals surface area contributed by atoms with Crippen molar-refractivity contribution < 1.29 is 14.7 Å². The Balaban J connectivity index is 2.75. The lowest BCUT2D eigenvalue weighted by molar-refractivity contribution is 0.0698. The lowest BCUT2D eigenvalue weighted by Crippen LogP contribution is -2.12. The number of primary amides is 1. The van der Waals surface area contributed by atoms with Crippen LogP contribution in [0, 0.1) is 0 Å². The van der Waals surface area contributed by atoms with E-state index in [-0.39, 0.29) is 16.9 Å². The molecule has 0 aliphatic carbocycles. The molecular formula is C9H7N3O3. The molecule has 15 heavy (non-hydrogen) atoms. The van der Waals surface area contributed by atoms with E-state index in [4.69, 9.17) is 10.8 Å². The Morgan fingerprint density at radius 2 is 2.13 bits per heavy atom. The predicted octanol–water partition coefficient (Wildman–Crippen LogP) is 0.360. The van der Waals surface area contributed by atoms with Crippen molar-refractivity contribution in [1.82, 2.24) is 9.97 Å². The number of nitrogens with one attached hydrogen (secondary N) is 1. The highest BCUT2D eigenvalue weighted by atomic mass is 16.4. The number of carbonyl (C=O) groups excluding carboxylic acids is 1. The summed E-state index contributed by atoms with van der Waals surface area (Å²) in [6.45, 7) is 0. The number of para-hydroxylation sites is 1. The number of carboxylic acids is 1. The monoisotopic (exact) mass is 205 g/mol. The second kappa shape index (κ2) is 3.09. The summed E-state index contributed by atoms with van der Waals surface area (Å²) in [5.74, 6) is -1.86. The van der Waals surface area contributed by atoms with Crippen LogP contribution in [-0.2, 0) is 0 Å². The molecule has 1 aromatic heterocycles. The number of carbonyl (C=O) groups is 2. The van der Waals surface area contributed by atoms with Crippen LogP contribution < -0.4 is 5.73 Å². The van der Waals surface area contributed by atoms with Gasteiger partial charge in [-0.1, -0.05) is 6.07 Å². The minimum atomic E-state index is -1.09. The van der Waals surface area contributed by atoms with Gasteiger partial charge in [-0.05, 0) is 12.1 Å². The van der Waals surface area contributed by atoms with Gasteiger partial charge in [-0.3, -0.25) is 4.79 Å². The molecule has 0 saturated carbocycles. The van der Waals surface area contributed by atoms with Crippen LogP contribution in [-0.4, -0.2) is 27.0 Å². The van der Waals surface area contributed by atoms with Gasteiger partial charge < -0.3 is 15.8 Å². The van der Waals surface area contributed by atoms with E-state index in [2.05, 4.69) is 9.97 Å². The van der Waals surface area contributed by atoms with Crippen LogP contribution in [0.3, 0.4) is 0 Å². The van der Waals surface area contributed by atoms with Crippen LogP contribution in [0.15, 0.2) is 18.2 Å². The fraction of sp³-hybridized carbons (Fsp3) is 0. The SMILES string of the molecule is NC(=O)c1nc2c(C(=O)O)cccc2[nH]1. The van der Waals surface area contributed by atoms with Gasteiger partial charge in [0, 0.05) is 0 Å². The minimum absolute atomic E-state index is 0.0382. The van der Waals surface area contributed by atoms with E-state index in [1.165, 1.54) is 6.07 Å². The number of aromatic carboxylic acids is 1. The summed E-state index contributed by atoms with van der Waals surface area (Å²) in [5.41, 5.74) is 5.77. The van der Waals surface area contributed by atoms with E-state index >= 15 is 0 Å². The van der Waals surface area contributed by atoms with E-state index in [0.29, 0.717) is 5.52 Å². The van der Waals surface area contributed by atoms with Crippen molar-refractivity contribution >= 4 is 22.9 Å². The van der Waals surface area contributed by atoms with Gasteiger partial charge in [-0.2, -0.15) is 0 Å². The highest BCUT2D eigenvalue weighted by molar-refractivity contribution is 6.02. The summed E-state index contributed by atoms with van der Waals surface area (Å²) in [7, 11) is 0. The average molecular weight is 205 g/mol. The number of amides is 1. The molecule has 0 atom stereocenters. The third-order valence-corrected chi connectivity index (χ3v) is 1.98. The van der Waals surface area contributed by atoms with Crippen LogP contribution in [0.2, 0.25) is 0 Å². The molecule has 0 spiro atoms. The van der Waals surface area contributed by atoms with E-state index < -0.39 is 11.9 Å². The van der Waals surface area contributed by atoms with E-state index in [1.807, 2.05) is 0 Å². The normalized spacial score (nSPS) is 10.4. The zero-order valence-corrected chi connectivity index (χ0v) is 7.52. The Labute approximate surface area is 83.7 Å². The highest BCUT2D eigenvalue weighted by Gasteiger charge is 2.14. The third-order valence-electron chi connectivity index (χ3n) is 1.98. The molecule has 6 nitrogen and oxygen atoms in total. The number of nitrogens with two attached hydrogens (primary N) is 1. The van der Waals surface area contributed by atoms with Gasteiger partial charge in [0.05, 0.1) is 11.1 Å². The molecule has 2 aromatic rings. The first-order valence-corrected chi connectivity index (χ1v) is 4.11. The number of rotatable bonds is 2. The number of H-pyrrole nitrogens is 1. The summed E-state index contributed by atoms with van der Waals surface area (Å²) in [5, 5.41) is 8.86. The Bertz CT molecular complexity index is 559. The molecule has 6 heteroatoms. The first-order chi connectivity index (χ1) is 7.09. The Morgan fingerprint density at radius 1 is 1.40 bits per heavy atom. The lowest BCUT2D eigenvalue weighted by Gasteiger charge is -1.93.